The zero-order valence-corrected chi connectivity index (χ0v) is 9.43. The Labute approximate surface area is 98.7 Å². The van der Waals surface area contributed by atoms with Gasteiger partial charge < -0.3 is 15.3 Å². The number of aromatic carboxylic acids is 1. The van der Waals surface area contributed by atoms with Crippen LogP contribution in [0.1, 0.15) is 23.0 Å². The number of nitrogens with two attached hydrogens (primary N) is 1. The van der Waals surface area contributed by atoms with Crippen molar-refractivity contribution in [2.45, 2.75) is 13.3 Å². The summed E-state index contributed by atoms with van der Waals surface area (Å²) >= 11 is 0. The summed E-state index contributed by atoms with van der Waals surface area (Å²) < 4.78 is 5.27. The van der Waals surface area contributed by atoms with Crippen LogP contribution in [0.25, 0.3) is 11.3 Å². The lowest BCUT2D eigenvalue weighted by molar-refractivity contribution is 0.0663. The lowest BCUT2D eigenvalue weighted by Crippen LogP contribution is -1.93. The third-order valence-electron chi connectivity index (χ3n) is 2.59. The second-order valence-electron chi connectivity index (χ2n) is 3.74. The van der Waals surface area contributed by atoms with Crippen LogP contribution in [-0.4, -0.2) is 11.1 Å². The highest BCUT2D eigenvalue weighted by Crippen LogP contribution is 2.27. The standard InChI is InChI=1S/C13H13NO3/c1-2-8-7-9(14)3-4-10(8)11-5-6-12(17-11)13(15)16/h3-7H,2,14H2,1H3,(H,15,16). The number of anilines is 1. The largest absolute Gasteiger partial charge is 0.475 e. The second-order valence-corrected chi connectivity index (χ2v) is 3.74. The first kappa shape index (κ1) is 11.3. The van der Waals surface area contributed by atoms with Crippen molar-refractivity contribution in [3.63, 3.8) is 0 Å². The number of benzene rings is 1. The van der Waals surface area contributed by atoms with E-state index in [4.69, 9.17) is 15.3 Å². The molecule has 2 rings (SSSR count). The molecular weight excluding hydrogens is 218 g/mol. The van der Waals surface area contributed by atoms with Crippen molar-refractivity contribution in [2.75, 3.05) is 5.73 Å². The highest BCUT2D eigenvalue weighted by Gasteiger charge is 2.12. The second kappa shape index (κ2) is 4.33. The van der Waals surface area contributed by atoms with E-state index in [-0.39, 0.29) is 5.76 Å². The molecule has 0 spiro atoms. The Morgan fingerprint density at radius 2 is 2.12 bits per heavy atom. The lowest BCUT2D eigenvalue weighted by atomic mass is 10.0. The summed E-state index contributed by atoms with van der Waals surface area (Å²) in [6.07, 6.45) is 0.809. The molecule has 17 heavy (non-hydrogen) atoms. The van der Waals surface area contributed by atoms with Crippen molar-refractivity contribution >= 4 is 11.7 Å². The molecule has 0 atom stereocenters. The summed E-state index contributed by atoms with van der Waals surface area (Å²) in [7, 11) is 0. The first-order valence-electron chi connectivity index (χ1n) is 5.33. The van der Waals surface area contributed by atoms with Gasteiger partial charge in [0.15, 0.2) is 0 Å². The van der Waals surface area contributed by atoms with E-state index in [1.807, 2.05) is 19.1 Å². The van der Waals surface area contributed by atoms with E-state index in [0.29, 0.717) is 11.4 Å². The molecule has 0 aliphatic rings. The summed E-state index contributed by atoms with van der Waals surface area (Å²) in [5.74, 6) is -0.567. The normalized spacial score (nSPS) is 10.4. The van der Waals surface area contributed by atoms with Crippen molar-refractivity contribution in [3.05, 3.63) is 41.7 Å². The molecule has 0 unspecified atom stereocenters. The predicted octanol–water partition coefficient (Wildman–Crippen LogP) is 2.79. The number of rotatable bonds is 3. The Hall–Kier alpha value is -2.23. The summed E-state index contributed by atoms with van der Waals surface area (Å²) in [5.41, 5.74) is 8.32. The van der Waals surface area contributed by atoms with E-state index >= 15 is 0 Å². The number of hydrogen-bond acceptors (Lipinski definition) is 3. The van der Waals surface area contributed by atoms with Gasteiger partial charge in [0, 0.05) is 11.3 Å². The molecule has 1 heterocycles. The molecule has 0 aliphatic carbocycles. The first-order valence-corrected chi connectivity index (χ1v) is 5.33. The van der Waals surface area contributed by atoms with Crippen LogP contribution in [0.5, 0.6) is 0 Å². The van der Waals surface area contributed by atoms with Gasteiger partial charge in [-0.05, 0) is 42.3 Å². The monoisotopic (exact) mass is 231 g/mol. The number of hydrogen-bond donors (Lipinski definition) is 2. The molecule has 0 amide bonds. The van der Waals surface area contributed by atoms with Gasteiger partial charge in [0.05, 0.1) is 0 Å². The summed E-state index contributed by atoms with van der Waals surface area (Å²) in [4.78, 5) is 10.7. The van der Waals surface area contributed by atoms with Crippen molar-refractivity contribution in [1.82, 2.24) is 0 Å². The maximum atomic E-state index is 10.7. The number of carboxylic acid groups (broad SMARTS) is 1. The number of carbonyl (C=O) groups is 1. The third kappa shape index (κ3) is 2.15. The highest BCUT2D eigenvalue weighted by atomic mass is 16.4. The SMILES string of the molecule is CCc1cc(N)ccc1-c1ccc(C(=O)O)o1. The van der Waals surface area contributed by atoms with Crippen LogP contribution in [0, 0.1) is 0 Å². The van der Waals surface area contributed by atoms with Gasteiger partial charge >= 0.3 is 5.97 Å². The van der Waals surface area contributed by atoms with Crippen molar-refractivity contribution in [3.8, 4) is 11.3 Å². The van der Waals surface area contributed by atoms with E-state index in [2.05, 4.69) is 0 Å². The zero-order chi connectivity index (χ0) is 12.4. The Morgan fingerprint density at radius 1 is 1.35 bits per heavy atom. The number of carboxylic acids is 1. The zero-order valence-electron chi connectivity index (χ0n) is 9.43. The molecule has 0 fully saturated rings. The third-order valence-corrected chi connectivity index (χ3v) is 2.59. The molecule has 0 radical (unpaired) electrons. The molecule has 4 nitrogen and oxygen atoms in total. The fraction of sp³-hybridized carbons (Fsp3) is 0.154. The van der Waals surface area contributed by atoms with Gasteiger partial charge in [-0.2, -0.15) is 0 Å². The molecule has 1 aromatic heterocycles. The smallest absolute Gasteiger partial charge is 0.371 e. The summed E-state index contributed by atoms with van der Waals surface area (Å²) in [5, 5.41) is 8.80. The van der Waals surface area contributed by atoms with Gasteiger partial charge in [-0.3, -0.25) is 0 Å². The van der Waals surface area contributed by atoms with E-state index in [9.17, 15) is 4.79 Å². The topological polar surface area (TPSA) is 76.5 Å². The van der Waals surface area contributed by atoms with Gasteiger partial charge in [-0.1, -0.05) is 6.92 Å². The van der Waals surface area contributed by atoms with E-state index in [1.54, 1.807) is 12.1 Å². The molecule has 3 N–H and O–H groups in total. The quantitative estimate of drug-likeness (QED) is 0.796. The van der Waals surface area contributed by atoms with Crippen molar-refractivity contribution in [1.29, 1.82) is 0 Å². The molecule has 0 saturated heterocycles. The van der Waals surface area contributed by atoms with Crippen LogP contribution in [0.4, 0.5) is 5.69 Å². The van der Waals surface area contributed by atoms with E-state index in [0.717, 1.165) is 17.5 Å². The fourth-order valence-corrected chi connectivity index (χ4v) is 1.74. The maximum absolute atomic E-state index is 10.7. The Morgan fingerprint density at radius 3 is 2.71 bits per heavy atom. The molecular formula is C13H13NO3. The van der Waals surface area contributed by atoms with Crippen LogP contribution in [-0.2, 0) is 6.42 Å². The molecule has 0 aliphatic heterocycles. The van der Waals surface area contributed by atoms with Gasteiger partial charge in [0.2, 0.25) is 5.76 Å². The summed E-state index contributed by atoms with van der Waals surface area (Å²) in [6.45, 7) is 2.01. The predicted molar refractivity (Wildman–Crippen MR) is 64.9 cm³/mol. The van der Waals surface area contributed by atoms with Gasteiger partial charge in [0.25, 0.3) is 0 Å². The molecule has 4 heteroatoms. The Balaban J connectivity index is 2.48. The van der Waals surface area contributed by atoms with Crippen LogP contribution < -0.4 is 5.73 Å². The van der Waals surface area contributed by atoms with E-state index < -0.39 is 5.97 Å². The molecule has 0 saturated carbocycles. The Kier molecular flexibility index (Phi) is 2.87. The lowest BCUT2D eigenvalue weighted by Gasteiger charge is -2.06. The fourth-order valence-electron chi connectivity index (χ4n) is 1.74. The first-order chi connectivity index (χ1) is 8.11. The molecule has 2 aromatic rings. The van der Waals surface area contributed by atoms with Gasteiger partial charge in [0.1, 0.15) is 5.76 Å². The van der Waals surface area contributed by atoms with Crippen LogP contribution in [0.15, 0.2) is 34.7 Å². The average Bonchev–Trinajstić information content (AvgIpc) is 2.78. The minimum Gasteiger partial charge on any atom is -0.475 e. The Bertz CT molecular complexity index is 558. The van der Waals surface area contributed by atoms with Crippen LogP contribution in [0.3, 0.4) is 0 Å². The van der Waals surface area contributed by atoms with E-state index in [1.165, 1.54) is 6.07 Å². The summed E-state index contributed by atoms with van der Waals surface area (Å²) in [6, 6.07) is 8.61. The van der Waals surface area contributed by atoms with Crippen LogP contribution in [0.2, 0.25) is 0 Å². The maximum Gasteiger partial charge on any atom is 0.371 e. The number of aryl methyl sites for hydroxylation is 1. The highest BCUT2D eigenvalue weighted by molar-refractivity contribution is 5.85. The molecule has 88 valence electrons. The minimum absolute atomic E-state index is 0.0566. The van der Waals surface area contributed by atoms with Crippen molar-refractivity contribution in [2.24, 2.45) is 0 Å². The van der Waals surface area contributed by atoms with Gasteiger partial charge in [-0.15, -0.1) is 0 Å². The molecule has 1 aromatic carbocycles. The number of furan rings is 1. The van der Waals surface area contributed by atoms with Gasteiger partial charge in [-0.25, -0.2) is 4.79 Å². The average molecular weight is 231 g/mol. The number of nitrogen functional groups attached to an aromatic ring is 1. The van der Waals surface area contributed by atoms with Crippen molar-refractivity contribution < 1.29 is 14.3 Å². The molecule has 0 bridgehead atoms. The van der Waals surface area contributed by atoms with Crippen LogP contribution >= 0.6 is 0 Å². The minimum atomic E-state index is -1.07.